The lowest BCUT2D eigenvalue weighted by molar-refractivity contribution is 0.102. The number of carbonyl (C=O) groups is 1. The Hall–Kier alpha value is -3.11. The fraction of sp³-hybridized carbons (Fsp3) is 0. The molecule has 0 bridgehead atoms. The highest BCUT2D eigenvalue weighted by molar-refractivity contribution is 9.10. The van der Waals surface area contributed by atoms with E-state index in [1.165, 1.54) is 0 Å². The summed E-state index contributed by atoms with van der Waals surface area (Å²) in [6.07, 6.45) is 0. The van der Waals surface area contributed by atoms with E-state index in [4.69, 9.17) is 0 Å². The molecule has 0 fully saturated rings. The lowest BCUT2D eigenvalue weighted by atomic mass is 9.96. The Bertz CT molecular complexity index is 1130. The van der Waals surface area contributed by atoms with Gasteiger partial charge in [0.05, 0.1) is 0 Å². The maximum absolute atomic E-state index is 12.7. The molecule has 4 heteroatoms. The van der Waals surface area contributed by atoms with Crippen LogP contribution in [0.1, 0.15) is 10.4 Å². The highest BCUT2D eigenvalue weighted by Gasteiger charge is 2.13. The SMILES string of the molecule is O=C(Nc1ccc(O)cc1-c1cccc2ccccc12)c1ccc(Br)cc1. The van der Waals surface area contributed by atoms with Gasteiger partial charge in [0, 0.05) is 21.3 Å². The van der Waals surface area contributed by atoms with E-state index in [2.05, 4.69) is 21.2 Å². The number of hydrogen-bond acceptors (Lipinski definition) is 2. The topological polar surface area (TPSA) is 49.3 Å². The summed E-state index contributed by atoms with van der Waals surface area (Å²) in [6, 6.07) is 26.2. The number of hydrogen-bond donors (Lipinski definition) is 2. The molecule has 0 saturated carbocycles. The summed E-state index contributed by atoms with van der Waals surface area (Å²) < 4.78 is 0.917. The molecule has 0 unspecified atom stereocenters. The Morgan fingerprint density at radius 3 is 2.37 bits per heavy atom. The van der Waals surface area contributed by atoms with Gasteiger partial charge in [-0.1, -0.05) is 58.4 Å². The van der Waals surface area contributed by atoms with Crippen molar-refractivity contribution in [1.82, 2.24) is 0 Å². The van der Waals surface area contributed by atoms with Gasteiger partial charge >= 0.3 is 0 Å². The molecule has 0 aliphatic rings. The molecule has 0 heterocycles. The Labute approximate surface area is 165 Å². The van der Waals surface area contributed by atoms with Gasteiger partial charge in [-0.25, -0.2) is 0 Å². The molecule has 0 atom stereocenters. The molecule has 4 aromatic rings. The van der Waals surface area contributed by atoms with Crippen LogP contribution >= 0.6 is 15.9 Å². The van der Waals surface area contributed by atoms with Crippen molar-refractivity contribution in [3.05, 3.63) is 95.0 Å². The molecule has 2 N–H and O–H groups in total. The molecule has 0 radical (unpaired) electrons. The van der Waals surface area contributed by atoms with Crippen molar-refractivity contribution in [1.29, 1.82) is 0 Å². The largest absolute Gasteiger partial charge is 0.508 e. The van der Waals surface area contributed by atoms with E-state index >= 15 is 0 Å². The maximum Gasteiger partial charge on any atom is 0.255 e. The number of phenolic OH excluding ortho intramolecular Hbond substituents is 1. The smallest absolute Gasteiger partial charge is 0.255 e. The average molecular weight is 418 g/mol. The van der Waals surface area contributed by atoms with Crippen LogP contribution in [0, 0.1) is 0 Å². The lowest BCUT2D eigenvalue weighted by Crippen LogP contribution is -2.12. The lowest BCUT2D eigenvalue weighted by Gasteiger charge is -2.14. The second-order valence-corrected chi connectivity index (χ2v) is 7.13. The van der Waals surface area contributed by atoms with Crippen molar-refractivity contribution in [2.45, 2.75) is 0 Å². The van der Waals surface area contributed by atoms with Gasteiger partial charge in [-0.15, -0.1) is 0 Å². The number of anilines is 1. The normalized spacial score (nSPS) is 10.7. The van der Waals surface area contributed by atoms with E-state index in [-0.39, 0.29) is 11.7 Å². The van der Waals surface area contributed by atoms with Crippen LogP contribution in [-0.2, 0) is 0 Å². The van der Waals surface area contributed by atoms with Gasteiger partial charge < -0.3 is 10.4 Å². The minimum atomic E-state index is -0.199. The molecule has 1 amide bonds. The van der Waals surface area contributed by atoms with Crippen molar-refractivity contribution < 1.29 is 9.90 Å². The van der Waals surface area contributed by atoms with E-state index < -0.39 is 0 Å². The first-order valence-electron chi connectivity index (χ1n) is 8.50. The minimum Gasteiger partial charge on any atom is -0.508 e. The number of phenols is 1. The summed E-state index contributed by atoms with van der Waals surface area (Å²) in [7, 11) is 0. The molecule has 0 aliphatic carbocycles. The summed E-state index contributed by atoms with van der Waals surface area (Å²) in [5.41, 5.74) is 2.94. The van der Waals surface area contributed by atoms with E-state index in [1.807, 2.05) is 54.6 Å². The Morgan fingerprint density at radius 1 is 0.815 bits per heavy atom. The summed E-state index contributed by atoms with van der Waals surface area (Å²) in [6.45, 7) is 0. The third-order valence-corrected chi connectivity index (χ3v) is 4.97. The molecular weight excluding hydrogens is 402 g/mol. The van der Waals surface area contributed by atoms with Gasteiger partial charge in [0.1, 0.15) is 5.75 Å². The predicted octanol–water partition coefficient (Wildman–Crippen LogP) is 6.23. The molecular formula is C23H16BrNO2. The molecule has 0 aliphatic heterocycles. The van der Waals surface area contributed by atoms with Crippen LogP contribution < -0.4 is 5.32 Å². The van der Waals surface area contributed by atoms with Crippen molar-refractivity contribution in [2.75, 3.05) is 5.32 Å². The van der Waals surface area contributed by atoms with Crippen LogP contribution in [0.25, 0.3) is 21.9 Å². The van der Waals surface area contributed by atoms with Crippen molar-refractivity contribution in [3.63, 3.8) is 0 Å². The number of fused-ring (bicyclic) bond motifs is 1. The third kappa shape index (κ3) is 3.57. The Balaban J connectivity index is 1.79. The molecule has 27 heavy (non-hydrogen) atoms. The maximum atomic E-state index is 12.7. The van der Waals surface area contributed by atoms with Gasteiger partial charge in [0.15, 0.2) is 0 Å². The van der Waals surface area contributed by atoms with Gasteiger partial charge in [-0.3, -0.25) is 4.79 Å². The van der Waals surface area contributed by atoms with Gasteiger partial charge in [0.25, 0.3) is 5.91 Å². The molecule has 0 spiro atoms. The van der Waals surface area contributed by atoms with E-state index in [1.54, 1.807) is 30.3 Å². The number of halogens is 1. The Morgan fingerprint density at radius 2 is 1.56 bits per heavy atom. The number of rotatable bonds is 3. The Kier molecular flexibility index (Phi) is 4.65. The first-order valence-corrected chi connectivity index (χ1v) is 9.29. The minimum absolute atomic E-state index is 0.152. The molecule has 0 saturated heterocycles. The first kappa shape index (κ1) is 17.3. The fourth-order valence-electron chi connectivity index (χ4n) is 3.12. The number of nitrogens with one attached hydrogen (secondary N) is 1. The number of benzene rings is 4. The molecule has 4 rings (SSSR count). The molecule has 0 aromatic heterocycles. The predicted molar refractivity (Wildman–Crippen MR) is 113 cm³/mol. The van der Waals surface area contributed by atoms with Crippen molar-refractivity contribution >= 4 is 38.3 Å². The fourth-order valence-corrected chi connectivity index (χ4v) is 3.38. The van der Waals surface area contributed by atoms with E-state index in [0.717, 1.165) is 26.4 Å². The molecule has 132 valence electrons. The van der Waals surface area contributed by atoms with Crippen molar-refractivity contribution in [2.24, 2.45) is 0 Å². The van der Waals surface area contributed by atoms with Crippen LogP contribution in [0.2, 0.25) is 0 Å². The van der Waals surface area contributed by atoms with Crippen LogP contribution in [0.5, 0.6) is 5.75 Å². The summed E-state index contributed by atoms with van der Waals surface area (Å²) in [5.74, 6) is -0.0470. The quantitative estimate of drug-likeness (QED) is 0.388. The van der Waals surface area contributed by atoms with Gasteiger partial charge in [-0.2, -0.15) is 0 Å². The third-order valence-electron chi connectivity index (χ3n) is 4.44. The van der Waals surface area contributed by atoms with Gasteiger partial charge in [0.2, 0.25) is 0 Å². The van der Waals surface area contributed by atoms with E-state index in [9.17, 15) is 9.90 Å². The zero-order valence-corrected chi connectivity index (χ0v) is 15.9. The standard InChI is InChI=1S/C23H16BrNO2/c24-17-10-8-16(9-11-17)23(27)25-22-13-12-18(26)14-21(22)20-7-3-5-15-4-1-2-6-19(15)20/h1-14,26H,(H,25,27). The zero-order valence-electron chi connectivity index (χ0n) is 14.3. The van der Waals surface area contributed by atoms with Gasteiger partial charge in [-0.05, 0) is 58.8 Å². The van der Waals surface area contributed by atoms with Crippen LogP contribution in [-0.4, -0.2) is 11.0 Å². The second kappa shape index (κ2) is 7.25. The van der Waals surface area contributed by atoms with Crippen LogP contribution in [0.3, 0.4) is 0 Å². The zero-order chi connectivity index (χ0) is 18.8. The van der Waals surface area contributed by atoms with Crippen molar-refractivity contribution in [3.8, 4) is 16.9 Å². The highest BCUT2D eigenvalue weighted by atomic mass is 79.9. The number of amides is 1. The van der Waals surface area contributed by atoms with Crippen LogP contribution in [0.4, 0.5) is 5.69 Å². The monoisotopic (exact) mass is 417 g/mol. The van der Waals surface area contributed by atoms with Crippen LogP contribution in [0.15, 0.2) is 89.4 Å². The number of aromatic hydroxyl groups is 1. The number of carbonyl (C=O) groups excluding carboxylic acids is 1. The highest BCUT2D eigenvalue weighted by Crippen LogP contribution is 2.36. The molecule has 3 nitrogen and oxygen atoms in total. The average Bonchev–Trinajstić information content (AvgIpc) is 2.69. The second-order valence-electron chi connectivity index (χ2n) is 6.22. The molecule has 4 aromatic carbocycles. The summed E-state index contributed by atoms with van der Waals surface area (Å²) >= 11 is 3.38. The summed E-state index contributed by atoms with van der Waals surface area (Å²) in [4.78, 5) is 12.7. The first-order chi connectivity index (χ1) is 13.1. The van der Waals surface area contributed by atoms with E-state index in [0.29, 0.717) is 11.3 Å². The summed E-state index contributed by atoms with van der Waals surface area (Å²) in [5, 5.41) is 15.2.